The van der Waals surface area contributed by atoms with Gasteiger partial charge in [-0.2, -0.15) is 0 Å². The van der Waals surface area contributed by atoms with Crippen LogP contribution in [-0.2, 0) is 21.6 Å². The van der Waals surface area contributed by atoms with E-state index in [0.29, 0.717) is 18.6 Å². The van der Waals surface area contributed by atoms with Crippen molar-refractivity contribution >= 4 is 5.97 Å². The van der Waals surface area contributed by atoms with Crippen LogP contribution in [0.5, 0.6) is 11.5 Å². The van der Waals surface area contributed by atoms with Crippen molar-refractivity contribution in [3.8, 4) is 11.5 Å². The topological polar surface area (TPSA) is 76.0 Å². The normalized spacial score (nSPS) is 19.9. The summed E-state index contributed by atoms with van der Waals surface area (Å²) < 4.78 is 10.9. The van der Waals surface area contributed by atoms with E-state index in [1.54, 1.807) is 31.4 Å². The van der Waals surface area contributed by atoms with Crippen LogP contribution in [0.15, 0.2) is 60.4 Å². The maximum absolute atomic E-state index is 11.9. The predicted octanol–water partition coefficient (Wildman–Crippen LogP) is 3.62. The number of esters is 1. The average Bonchev–Trinajstić information content (AvgIpc) is 2.60. The summed E-state index contributed by atoms with van der Waals surface area (Å²) in [5, 5.41) is 19.4. The Labute approximate surface area is 146 Å². The molecule has 130 valence electrons. The van der Waals surface area contributed by atoms with Crippen LogP contribution >= 0.6 is 0 Å². The molecule has 1 atom stereocenters. The van der Waals surface area contributed by atoms with Crippen molar-refractivity contribution in [1.82, 2.24) is 0 Å². The van der Waals surface area contributed by atoms with Crippen LogP contribution in [-0.4, -0.2) is 23.3 Å². The van der Waals surface area contributed by atoms with E-state index in [0.717, 1.165) is 17.2 Å². The van der Waals surface area contributed by atoms with Crippen LogP contribution in [0.25, 0.3) is 0 Å². The van der Waals surface area contributed by atoms with Gasteiger partial charge in [-0.1, -0.05) is 24.3 Å². The van der Waals surface area contributed by atoms with Gasteiger partial charge in [0, 0.05) is 6.42 Å². The smallest absolute Gasteiger partial charge is 0.335 e. The third kappa shape index (κ3) is 3.76. The standard InChI is InChI=1S/C20H20O5/c1-24-18-8-4-15(5-9-18)20(13-17(22)12-19(23)25-20)11-10-14-2-6-16(21)7-3-14/h2-9,12,21-22H,10-11,13H2,1H3. The van der Waals surface area contributed by atoms with Gasteiger partial charge in [0.05, 0.1) is 13.2 Å². The van der Waals surface area contributed by atoms with Gasteiger partial charge in [0.15, 0.2) is 0 Å². The lowest BCUT2D eigenvalue weighted by molar-refractivity contribution is -0.159. The lowest BCUT2D eigenvalue weighted by Gasteiger charge is -2.36. The van der Waals surface area contributed by atoms with Gasteiger partial charge in [0.25, 0.3) is 0 Å². The molecule has 0 aliphatic carbocycles. The molecular weight excluding hydrogens is 320 g/mol. The molecule has 0 spiro atoms. The van der Waals surface area contributed by atoms with Crippen LogP contribution < -0.4 is 4.74 Å². The van der Waals surface area contributed by atoms with E-state index in [2.05, 4.69) is 0 Å². The third-order valence-corrected chi connectivity index (χ3v) is 4.42. The zero-order valence-electron chi connectivity index (χ0n) is 13.9. The molecular formula is C20H20O5. The molecule has 0 radical (unpaired) electrons. The lowest BCUT2D eigenvalue weighted by Crippen LogP contribution is -2.36. The van der Waals surface area contributed by atoms with Crippen molar-refractivity contribution in [2.24, 2.45) is 0 Å². The van der Waals surface area contributed by atoms with Crippen LogP contribution in [0.1, 0.15) is 24.0 Å². The lowest BCUT2D eigenvalue weighted by atomic mass is 9.82. The number of aliphatic hydroxyl groups excluding tert-OH is 1. The van der Waals surface area contributed by atoms with E-state index in [4.69, 9.17) is 9.47 Å². The fraction of sp³-hybridized carbons (Fsp3) is 0.250. The molecule has 0 bridgehead atoms. The molecule has 3 rings (SSSR count). The second-order valence-corrected chi connectivity index (χ2v) is 6.12. The first-order valence-electron chi connectivity index (χ1n) is 8.06. The van der Waals surface area contributed by atoms with Crippen LogP contribution in [0, 0.1) is 0 Å². The highest BCUT2D eigenvalue weighted by Gasteiger charge is 2.40. The Morgan fingerprint density at radius 2 is 1.76 bits per heavy atom. The summed E-state index contributed by atoms with van der Waals surface area (Å²) in [6.07, 6.45) is 2.48. The molecule has 1 aliphatic heterocycles. The number of phenols is 1. The second-order valence-electron chi connectivity index (χ2n) is 6.12. The molecule has 0 aromatic heterocycles. The molecule has 1 aliphatic rings. The minimum Gasteiger partial charge on any atom is -0.512 e. The summed E-state index contributed by atoms with van der Waals surface area (Å²) >= 11 is 0. The highest BCUT2D eigenvalue weighted by atomic mass is 16.6. The molecule has 5 heteroatoms. The van der Waals surface area contributed by atoms with E-state index in [-0.39, 0.29) is 17.9 Å². The monoisotopic (exact) mass is 340 g/mol. The zero-order valence-corrected chi connectivity index (χ0v) is 13.9. The number of hydrogen-bond donors (Lipinski definition) is 2. The van der Waals surface area contributed by atoms with Gasteiger partial charge in [-0.3, -0.25) is 0 Å². The van der Waals surface area contributed by atoms with Crippen LogP contribution in [0.4, 0.5) is 0 Å². The van der Waals surface area contributed by atoms with Gasteiger partial charge in [0.2, 0.25) is 0 Å². The summed E-state index contributed by atoms with van der Waals surface area (Å²) in [6.45, 7) is 0. The molecule has 2 N–H and O–H groups in total. The minimum atomic E-state index is -0.930. The molecule has 0 saturated carbocycles. The third-order valence-electron chi connectivity index (χ3n) is 4.42. The van der Waals surface area contributed by atoms with E-state index in [1.807, 2.05) is 24.3 Å². The van der Waals surface area contributed by atoms with Crippen LogP contribution in [0.2, 0.25) is 0 Å². The number of rotatable bonds is 5. The summed E-state index contributed by atoms with van der Waals surface area (Å²) in [4.78, 5) is 11.9. The Balaban J connectivity index is 1.90. The first kappa shape index (κ1) is 16.9. The van der Waals surface area contributed by atoms with Gasteiger partial charge < -0.3 is 19.7 Å². The van der Waals surface area contributed by atoms with E-state index < -0.39 is 11.6 Å². The number of phenolic OH excluding ortho intramolecular Hbond substituents is 1. The number of hydrogen-bond acceptors (Lipinski definition) is 5. The minimum absolute atomic E-state index is 0.0118. The van der Waals surface area contributed by atoms with Crippen molar-refractivity contribution in [2.45, 2.75) is 24.9 Å². The van der Waals surface area contributed by atoms with Gasteiger partial charge in [-0.15, -0.1) is 0 Å². The number of ether oxygens (including phenoxy) is 2. The van der Waals surface area contributed by atoms with Crippen molar-refractivity contribution in [3.63, 3.8) is 0 Å². The Morgan fingerprint density at radius 1 is 1.08 bits per heavy atom. The summed E-state index contributed by atoms with van der Waals surface area (Å²) in [5.74, 6) is 0.376. The van der Waals surface area contributed by atoms with Gasteiger partial charge in [-0.05, 0) is 48.2 Å². The maximum atomic E-state index is 11.9. The summed E-state index contributed by atoms with van der Waals surface area (Å²) in [6, 6.07) is 14.2. The van der Waals surface area contributed by atoms with Crippen molar-refractivity contribution in [3.05, 3.63) is 71.5 Å². The Kier molecular flexibility index (Phi) is 4.65. The molecule has 2 aromatic rings. The number of aliphatic hydroxyl groups is 1. The highest BCUT2D eigenvalue weighted by molar-refractivity contribution is 5.84. The highest BCUT2D eigenvalue weighted by Crippen LogP contribution is 2.40. The van der Waals surface area contributed by atoms with Gasteiger partial charge in [-0.25, -0.2) is 4.79 Å². The maximum Gasteiger partial charge on any atom is 0.335 e. The first-order chi connectivity index (χ1) is 12.0. The number of methoxy groups -OCH3 is 1. The van der Waals surface area contributed by atoms with Gasteiger partial charge in [0.1, 0.15) is 22.9 Å². The molecule has 0 saturated heterocycles. The van der Waals surface area contributed by atoms with Crippen molar-refractivity contribution in [1.29, 1.82) is 0 Å². The van der Waals surface area contributed by atoms with Gasteiger partial charge >= 0.3 is 5.97 Å². The van der Waals surface area contributed by atoms with Crippen molar-refractivity contribution in [2.75, 3.05) is 7.11 Å². The fourth-order valence-corrected chi connectivity index (χ4v) is 3.09. The molecule has 25 heavy (non-hydrogen) atoms. The molecule has 0 amide bonds. The average molecular weight is 340 g/mol. The molecule has 0 fully saturated rings. The zero-order chi connectivity index (χ0) is 17.9. The number of carbonyl (C=O) groups excluding carboxylic acids is 1. The summed E-state index contributed by atoms with van der Waals surface area (Å²) in [5.41, 5.74) is 0.885. The largest absolute Gasteiger partial charge is 0.512 e. The van der Waals surface area contributed by atoms with E-state index in [1.165, 1.54) is 0 Å². The van der Waals surface area contributed by atoms with E-state index >= 15 is 0 Å². The summed E-state index contributed by atoms with van der Waals surface area (Å²) in [7, 11) is 1.59. The Hall–Kier alpha value is -2.95. The number of aryl methyl sites for hydroxylation is 1. The molecule has 1 heterocycles. The Bertz CT molecular complexity index is 777. The number of cyclic esters (lactones) is 1. The number of carbonyl (C=O) groups is 1. The van der Waals surface area contributed by atoms with E-state index in [9.17, 15) is 15.0 Å². The fourth-order valence-electron chi connectivity index (χ4n) is 3.09. The molecule has 2 aromatic carbocycles. The SMILES string of the molecule is COc1ccc(C2(CCc3ccc(O)cc3)CC(O)=CC(=O)O2)cc1. The molecule has 5 nitrogen and oxygen atoms in total. The number of benzene rings is 2. The Morgan fingerprint density at radius 3 is 2.36 bits per heavy atom. The first-order valence-corrected chi connectivity index (χ1v) is 8.06. The van der Waals surface area contributed by atoms with Crippen LogP contribution in [0.3, 0.4) is 0 Å². The number of aromatic hydroxyl groups is 1. The predicted molar refractivity (Wildman–Crippen MR) is 92.5 cm³/mol. The quantitative estimate of drug-likeness (QED) is 0.813. The second kappa shape index (κ2) is 6.89. The van der Waals surface area contributed by atoms with Crippen molar-refractivity contribution < 1.29 is 24.5 Å². The molecule has 1 unspecified atom stereocenters.